The Bertz CT molecular complexity index is 383. The Kier molecular flexibility index (Phi) is 2.06. The predicted molar refractivity (Wildman–Crippen MR) is 47.7 cm³/mol. The van der Waals surface area contributed by atoms with Crippen molar-refractivity contribution < 1.29 is 5.11 Å². The van der Waals surface area contributed by atoms with E-state index in [9.17, 15) is 0 Å². The first kappa shape index (κ1) is 7.94. The molecule has 0 bridgehead atoms. The molecule has 0 saturated carbocycles. The molecule has 2 N–H and O–H groups in total. The van der Waals surface area contributed by atoms with Crippen LogP contribution < -0.4 is 0 Å². The first-order chi connectivity index (χ1) is 6.40. The van der Waals surface area contributed by atoms with Gasteiger partial charge in [0.15, 0.2) is 5.82 Å². The summed E-state index contributed by atoms with van der Waals surface area (Å²) in [7, 11) is 0. The van der Waals surface area contributed by atoms with Gasteiger partial charge >= 0.3 is 0 Å². The minimum Gasteiger partial charge on any atom is -0.390 e. The summed E-state index contributed by atoms with van der Waals surface area (Å²) in [4.78, 5) is 11.2. The lowest BCUT2D eigenvalue weighted by atomic mass is 10.3. The van der Waals surface area contributed by atoms with E-state index >= 15 is 0 Å². The zero-order valence-electron chi connectivity index (χ0n) is 6.94. The molecule has 4 nitrogen and oxygen atoms in total. The summed E-state index contributed by atoms with van der Waals surface area (Å²) < 4.78 is 0. The Morgan fingerprint density at radius 1 is 1.38 bits per heavy atom. The minimum absolute atomic E-state index is 0.0522. The quantitative estimate of drug-likeness (QED) is 0.714. The predicted octanol–water partition coefficient (Wildman–Crippen LogP) is 0.964. The van der Waals surface area contributed by atoms with Crippen molar-refractivity contribution >= 4 is 0 Å². The number of hydrogen-bond acceptors (Lipinski definition) is 3. The van der Waals surface area contributed by atoms with Gasteiger partial charge in [-0.25, -0.2) is 4.98 Å². The van der Waals surface area contributed by atoms with Gasteiger partial charge in [0.05, 0.1) is 12.3 Å². The van der Waals surface area contributed by atoms with E-state index in [2.05, 4.69) is 15.0 Å². The number of hydrogen-bond donors (Lipinski definition) is 2. The fourth-order valence-electron chi connectivity index (χ4n) is 1.07. The van der Waals surface area contributed by atoms with Crippen molar-refractivity contribution in [3.63, 3.8) is 0 Å². The second kappa shape index (κ2) is 3.37. The smallest absolute Gasteiger partial charge is 0.156 e. The maximum absolute atomic E-state index is 8.79. The molecule has 0 unspecified atom stereocenters. The highest BCUT2D eigenvalue weighted by atomic mass is 16.3. The molecule has 4 heteroatoms. The summed E-state index contributed by atoms with van der Waals surface area (Å²) in [5, 5.41) is 8.79. The first-order valence-corrected chi connectivity index (χ1v) is 3.96. The molecule has 0 aromatic carbocycles. The number of aliphatic hydroxyl groups is 1. The van der Waals surface area contributed by atoms with Crippen LogP contribution in [0.3, 0.4) is 0 Å². The molecule has 0 aliphatic rings. The highest BCUT2D eigenvalue weighted by Crippen LogP contribution is 2.11. The minimum atomic E-state index is -0.0522. The zero-order chi connectivity index (χ0) is 9.10. The second-order valence-corrected chi connectivity index (χ2v) is 2.61. The van der Waals surface area contributed by atoms with Gasteiger partial charge in [-0.15, -0.1) is 0 Å². The molecular weight excluding hydrogens is 166 g/mol. The third kappa shape index (κ3) is 1.57. The van der Waals surface area contributed by atoms with Gasteiger partial charge in [0.1, 0.15) is 5.69 Å². The monoisotopic (exact) mass is 175 g/mol. The number of aromatic nitrogens is 3. The highest BCUT2D eigenvalue weighted by molar-refractivity contribution is 5.48. The maximum Gasteiger partial charge on any atom is 0.156 e. The molecule has 0 atom stereocenters. The highest BCUT2D eigenvalue weighted by Gasteiger charge is 2.02. The first-order valence-electron chi connectivity index (χ1n) is 3.96. The van der Waals surface area contributed by atoms with Crippen LogP contribution >= 0.6 is 0 Å². The SMILES string of the molecule is OCc1c[nH]c(-c2ccccn2)n1. The molecule has 0 spiro atoms. The summed E-state index contributed by atoms with van der Waals surface area (Å²) in [6.45, 7) is -0.0522. The van der Waals surface area contributed by atoms with Crippen LogP contribution in [0.15, 0.2) is 30.6 Å². The van der Waals surface area contributed by atoms with Gasteiger partial charge in [-0.05, 0) is 12.1 Å². The summed E-state index contributed by atoms with van der Waals surface area (Å²) in [5.74, 6) is 0.685. The van der Waals surface area contributed by atoms with Crippen LogP contribution in [0.4, 0.5) is 0 Å². The van der Waals surface area contributed by atoms with E-state index in [0.29, 0.717) is 11.5 Å². The molecule has 0 aliphatic heterocycles. The standard InChI is InChI=1S/C9H9N3O/c13-6-7-5-11-9(12-7)8-3-1-2-4-10-8/h1-5,13H,6H2,(H,11,12). The Labute approximate surface area is 75.3 Å². The molecule has 2 aromatic rings. The molecule has 13 heavy (non-hydrogen) atoms. The van der Waals surface area contributed by atoms with Gasteiger partial charge in [0, 0.05) is 12.4 Å². The van der Waals surface area contributed by atoms with Gasteiger partial charge in [0.2, 0.25) is 0 Å². The van der Waals surface area contributed by atoms with Gasteiger partial charge in [-0.3, -0.25) is 4.98 Å². The van der Waals surface area contributed by atoms with E-state index in [-0.39, 0.29) is 6.61 Å². The topological polar surface area (TPSA) is 61.8 Å². The van der Waals surface area contributed by atoms with Crippen molar-refractivity contribution in [2.45, 2.75) is 6.61 Å². The lowest BCUT2D eigenvalue weighted by Gasteiger charge is -1.92. The number of H-pyrrole nitrogens is 1. The van der Waals surface area contributed by atoms with Crippen LogP contribution in [0.25, 0.3) is 11.5 Å². The number of aliphatic hydroxyl groups excluding tert-OH is 1. The molecular formula is C9H9N3O. The van der Waals surface area contributed by atoms with Crippen molar-refractivity contribution in [3.05, 3.63) is 36.3 Å². The van der Waals surface area contributed by atoms with Crippen molar-refractivity contribution in [1.82, 2.24) is 15.0 Å². The zero-order valence-corrected chi connectivity index (χ0v) is 6.94. The number of rotatable bonds is 2. The van der Waals surface area contributed by atoms with Crippen LogP contribution in [-0.4, -0.2) is 20.1 Å². The molecule has 2 aromatic heterocycles. The van der Waals surface area contributed by atoms with Gasteiger partial charge in [0.25, 0.3) is 0 Å². The van der Waals surface area contributed by atoms with Crippen LogP contribution in [0.1, 0.15) is 5.69 Å². The molecule has 0 aliphatic carbocycles. The van der Waals surface area contributed by atoms with Crippen molar-refractivity contribution in [1.29, 1.82) is 0 Å². The van der Waals surface area contributed by atoms with E-state index in [4.69, 9.17) is 5.11 Å². The average molecular weight is 175 g/mol. The number of nitrogens with one attached hydrogen (secondary N) is 1. The molecule has 0 saturated heterocycles. The molecule has 0 radical (unpaired) electrons. The summed E-state index contributed by atoms with van der Waals surface area (Å²) in [6, 6.07) is 5.60. The molecule has 66 valence electrons. The van der Waals surface area contributed by atoms with E-state index < -0.39 is 0 Å². The number of nitrogens with zero attached hydrogens (tertiary/aromatic N) is 2. The van der Waals surface area contributed by atoms with Crippen LogP contribution in [-0.2, 0) is 6.61 Å². The fourth-order valence-corrected chi connectivity index (χ4v) is 1.07. The largest absolute Gasteiger partial charge is 0.390 e. The van der Waals surface area contributed by atoms with E-state index in [0.717, 1.165) is 5.69 Å². The number of aromatic amines is 1. The third-order valence-corrected chi connectivity index (χ3v) is 1.70. The van der Waals surface area contributed by atoms with E-state index in [1.807, 2.05) is 18.2 Å². The van der Waals surface area contributed by atoms with E-state index in [1.54, 1.807) is 12.4 Å². The average Bonchev–Trinajstić information content (AvgIpc) is 2.67. The molecule has 2 heterocycles. The molecule has 0 fully saturated rings. The van der Waals surface area contributed by atoms with Crippen LogP contribution in [0.2, 0.25) is 0 Å². The summed E-state index contributed by atoms with van der Waals surface area (Å²) in [6.07, 6.45) is 3.38. The van der Waals surface area contributed by atoms with Gasteiger partial charge in [-0.1, -0.05) is 6.07 Å². The summed E-state index contributed by atoms with van der Waals surface area (Å²) >= 11 is 0. The van der Waals surface area contributed by atoms with Crippen molar-refractivity contribution in [2.24, 2.45) is 0 Å². The van der Waals surface area contributed by atoms with E-state index in [1.165, 1.54) is 0 Å². The van der Waals surface area contributed by atoms with Crippen molar-refractivity contribution in [3.8, 4) is 11.5 Å². The maximum atomic E-state index is 8.79. The number of pyridine rings is 1. The van der Waals surface area contributed by atoms with Crippen LogP contribution in [0.5, 0.6) is 0 Å². The fraction of sp³-hybridized carbons (Fsp3) is 0.111. The Morgan fingerprint density at radius 3 is 2.92 bits per heavy atom. The lowest BCUT2D eigenvalue weighted by Crippen LogP contribution is -1.85. The van der Waals surface area contributed by atoms with Crippen molar-refractivity contribution in [2.75, 3.05) is 0 Å². The Balaban J connectivity index is 2.36. The van der Waals surface area contributed by atoms with Crippen LogP contribution in [0, 0.1) is 0 Å². The number of imidazole rings is 1. The third-order valence-electron chi connectivity index (χ3n) is 1.70. The summed E-state index contributed by atoms with van der Waals surface area (Å²) in [5.41, 5.74) is 1.41. The Hall–Kier alpha value is -1.68. The molecule has 0 amide bonds. The molecule has 2 rings (SSSR count). The lowest BCUT2D eigenvalue weighted by molar-refractivity contribution is 0.277. The van der Waals surface area contributed by atoms with Gasteiger partial charge < -0.3 is 10.1 Å². The Morgan fingerprint density at radius 2 is 2.31 bits per heavy atom. The normalized spacial score (nSPS) is 10.2. The van der Waals surface area contributed by atoms with Gasteiger partial charge in [-0.2, -0.15) is 0 Å². The second-order valence-electron chi connectivity index (χ2n) is 2.61.